The van der Waals surface area contributed by atoms with Gasteiger partial charge < -0.3 is 4.74 Å². The van der Waals surface area contributed by atoms with E-state index in [0.29, 0.717) is 0 Å². The lowest BCUT2D eigenvalue weighted by Crippen LogP contribution is -2.29. The molecule has 0 amide bonds. The second kappa shape index (κ2) is 26.6. The Morgan fingerprint density at radius 2 is 0.636 bits per heavy atom. The average molecular weight is 467 g/mol. The molecule has 0 bridgehead atoms. The zero-order chi connectivity index (χ0) is 24.3. The van der Waals surface area contributed by atoms with Crippen LogP contribution in [-0.4, -0.2) is 12.2 Å². The first-order valence-corrected chi connectivity index (χ1v) is 15.8. The Morgan fingerprint density at radius 1 is 0.364 bits per heavy atom. The minimum absolute atomic E-state index is 0.133. The summed E-state index contributed by atoms with van der Waals surface area (Å²) in [4.78, 5) is 0. The van der Waals surface area contributed by atoms with Crippen molar-refractivity contribution in [3.05, 3.63) is 0 Å². The topological polar surface area (TPSA) is 9.23 Å². The van der Waals surface area contributed by atoms with Gasteiger partial charge >= 0.3 is 0 Å². The van der Waals surface area contributed by atoms with Crippen molar-refractivity contribution in [2.45, 2.75) is 200 Å². The molecule has 1 nitrogen and oxygen atoms in total. The van der Waals surface area contributed by atoms with Crippen LogP contribution in [-0.2, 0) is 4.74 Å². The normalized spacial score (nSPS) is 13.5. The van der Waals surface area contributed by atoms with E-state index in [1.54, 1.807) is 0 Å². The van der Waals surface area contributed by atoms with Crippen LogP contribution in [0.2, 0.25) is 0 Å². The number of ether oxygens (including phenoxy) is 1. The highest BCUT2D eigenvalue weighted by molar-refractivity contribution is 4.75. The lowest BCUT2D eigenvalue weighted by atomic mass is 9.91. The highest BCUT2D eigenvalue weighted by atomic mass is 16.5. The standard InChI is InChI=1S/C32H66O/c1-5-8-11-14-16-18-19-20-21-23-25-28-31-33-32(4,29-26-13-10-7-3)30-27-24-22-17-15-12-9-6-2/h5-31H2,1-4H3. The van der Waals surface area contributed by atoms with Gasteiger partial charge in [-0.2, -0.15) is 0 Å². The van der Waals surface area contributed by atoms with Crippen LogP contribution in [0.25, 0.3) is 0 Å². The molecule has 0 aliphatic heterocycles. The molecular weight excluding hydrogens is 400 g/mol. The minimum atomic E-state index is 0.133. The van der Waals surface area contributed by atoms with Gasteiger partial charge in [-0.3, -0.25) is 0 Å². The molecule has 0 saturated carbocycles. The van der Waals surface area contributed by atoms with Crippen molar-refractivity contribution in [3.8, 4) is 0 Å². The predicted molar refractivity (Wildman–Crippen MR) is 151 cm³/mol. The largest absolute Gasteiger partial charge is 0.375 e. The summed E-state index contributed by atoms with van der Waals surface area (Å²) < 4.78 is 6.56. The smallest absolute Gasteiger partial charge is 0.0654 e. The Labute approximate surface area is 211 Å². The van der Waals surface area contributed by atoms with Crippen molar-refractivity contribution in [2.75, 3.05) is 6.61 Å². The predicted octanol–water partition coefficient (Wildman–Crippen LogP) is 12.0. The van der Waals surface area contributed by atoms with E-state index in [1.165, 1.54) is 167 Å². The molecule has 0 spiro atoms. The molecule has 1 atom stereocenters. The Morgan fingerprint density at radius 3 is 1.00 bits per heavy atom. The summed E-state index contributed by atoms with van der Waals surface area (Å²) in [5, 5.41) is 0. The number of rotatable bonds is 28. The van der Waals surface area contributed by atoms with Crippen LogP contribution in [0.15, 0.2) is 0 Å². The van der Waals surface area contributed by atoms with Gasteiger partial charge in [0.1, 0.15) is 0 Å². The third-order valence-corrected chi connectivity index (χ3v) is 7.57. The van der Waals surface area contributed by atoms with E-state index >= 15 is 0 Å². The quantitative estimate of drug-likeness (QED) is 0.104. The second-order valence-corrected chi connectivity index (χ2v) is 11.2. The van der Waals surface area contributed by atoms with Gasteiger partial charge in [0.2, 0.25) is 0 Å². The maximum absolute atomic E-state index is 6.56. The van der Waals surface area contributed by atoms with Crippen molar-refractivity contribution in [1.29, 1.82) is 0 Å². The first-order chi connectivity index (χ1) is 16.2. The van der Waals surface area contributed by atoms with E-state index < -0.39 is 0 Å². The fourth-order valence-corrected chi connectivity index (χ4v) is 5.09. The van der Waals surface area contributed by atoms with Gasteiger partial charge in [0.05, 0.1) is 5.60 Å². The van der Waals surface area contributed by atoms with E-state index in [1.807, 2.05) is 0 Å². The van der Waals surface area contributed by atoms with Crippen molar-refractivity contribution in [3.63, 3.8) is 0 Å². The highest BCUT2D eigenvalue weighted by Gasteiger charge is 2.23. The van der Waals surface area contributed by atoms with Crippen LogP contribution in [0.5, 0.6) is 0 Å². The molecule has 0 aromatic rings. The number of hydrogen-bond donors (Lipinski definition) is 0. The minimum Gasteiger partial charge on any atom is -0.375 e. The first kappa shape index (κ1) is 33.0. The van der Waals surface area contributed by atoms with Crippen molar-refractivity contribution in [2.24, 2.45) is 0 Å². The molecular formula is C32H66O. The summed E-state index contributed by atoms with van der Waals surface area (Å²) in [5.74, 6) is 0. The summed E-state index contributed by atoms with van der Waals surface area (Å²) >= 11 is 0. The maximum Gasteiger partial charge on any atom is 0.0654 e. The van der Waals surface area contributed by atoms with E-state index in [0.717, 1.165) is 6.61 Å². The molecule has 0 saturated heterocycles. The molecule has 0 heterocycles. The van der Waals surface area contributed by atoms with Gasteiger partial charge in [0, 0.05) is 6.61 Å². The Hall–Kier alpha value is -0.0400. The number of hydrogen-bond acceptors (Lipinski definition) is 1. The van der Waals surface area contributed by atoms with Gasteiger partial charge in [-0.1, -0.05) is 168 Å². The van der Waals surface area contributed by atoms with Crippen LogP contribution in [0.3, 0.4) is 0 Å². The third-order valence-electron chi connectivity index (χ3n) is 7.57. The summed E-state index contributed by atoms with van der Waals surface area (Å²) in [7, 11) is 0. The van der Waals surface area contributed by atoms with Crippen LogP contribution < -0.4 is 0 Å². The molecule has 0 fully saturated rings. The van der Waals surface area contributed by atoms with Crippen molar-refractivity contribution >= 4 is 0 Å². The summed E-state index contributed by atoms with van der Waals surface area (Å²) in [5.41, 5.74) is 0.133. The highest BCUT2D eigenvalue weighted by Crippen LogP contribution is 2.27. The maximum atomic E-state index is 6.56. The molecule has 0 aromatic heterocycles. The lowest BCUT2D eigenvalue weighted by Gasteiger charge is -2.30. The van der Waals surface area contributed by atoms with Crippen LogP contribution in [0, 0.1) is 0 Å². The zero-order valence-electron chi connectivity index (χ0n) is 24.0. The molecule has 200 valence electrons. The van der Waals surface area contributed by atoms with Crippen molar-refractivity contribution in [1.82, 2.24) is 0 Å². The molecule has 1 heteroatoms. The van der Waals surface area contributed by atoms with Gasteiger partial charge in [-0.05, 0) is 26.2 Å². The molecule has 0 aromatic carbocycles. The molecule has 0 radical (unpaired) electrons. The van der Waals surface area contributed by atoms with Crippen LogP contribution in [0.1, 0.15) is 195 Å². The SMILES string of the molecule is CCCCCCCCCCCCCCOC(C)(CCCCCC)CCCCCCCCCC. The average Bonchev–Trinajstić information content (AvgIpc) is 2.82. The fraction of sp³-hybridized carbons (Fsp3) is 1.00. The van der Waals surface area contributed by atoms with Gasteiger partial charge in [0.15, 0.2) is 0 Å². The first-order valence-electron chi connectivity index (χ1n) is 15.8. The Kier molecular flexibility index (Phi) is 26.5. The van der Waals surface area contributed by atoms with Gasteiger partial charge in [-0.15, -0.1) is 0 Å². The molecule has 1 unspecified atom stereocenters. The third kappa shape index (κ3) is 24.9. The molecule has 0 rings (SSSR count). The van der Waals surface area contributed by atoms with Crippen LogP contribution >= 0.6 is 0 Å². The summed E-state index contributed by atoms with van der Waals surface area (Å²) in [6.07, 6.45) is 36.2. The summed E-state index contributed by atoms with van der Waals surface area (Å²) in [6, 6.07) is 0. The van der Waals surface area contributed by atoms with E-state index in [2.05, 4.69) is 27.7 Å². The Balaban J connectivity index is 3.82. The van der Waals surface area contributed by atoms with E-state index in [9.17, 15) is 0 Å². The Bertz CT molecular complexity index is 352. The number of unbranched alkanes of at least 4 members (excludes halogenated alkanes) is 21. The molecule has 0 aliphatic rings. The second-order valence-electron chi connectivity index (χ2n) is 11.2. The van der Waals surface area contributed by atoms with Gasteiger partial charge in [-0.25, -0.2) is 0 Å². The summed E-state index contributed by atoms with van der Waals surface area (Å²) in [6.45, 7) is 10.3. The molecule has 33 heavy (non-hydrogen) atoms. The van der Waals surface area contributed by atoms with E-state index in [4.69, 9.17) is 4.74 Å². The van der Waals surface area contributed by atoms with Crippen molar-refractivity contribution < 1.29 is 4.74 Å². The van der Waals surface area contributed by atoms with Crippen LogP contribution in [0.4, 0.5) is 0 Å². The molecule has 0 aliphatic carbocycles. The molecule has 0 N–H and O–H groups in total. The fourth-order valence-electron chi connectivity index (χ4n) is 5.09. The van der Waals surface area contributed by atoms with Gasteiger partial charge in [0.25, 0.3) is 0 Å². The monoisotopic (exact) mass is 467 g/mol. The lowest BCUT2D eigenvalue weighted by molar-refractivity contribution is -0.0482. The van der Waals surface area contributed by atoms with E-state index in [-0.39, 0.29) is 5.60 Å². The zero-order valence-corrected chi connectivity index (χ0v) is 24.0.